The summed E-state index contributed by atoms with van der Waals surface area (Å²) in [6.07, 6.45) is -3.05. The zero-order chi connectivity index (χ0) is 18.7. The van der Waals surface area contributed by atoms with Crippen molar-refractivity contribution in [2.24, 2.45) is 0 Å². The second kappa shape index (κ2) is 6.79. The molecule has 4 N–H and O–H groups in total. The molecule has 26 heavy (non-hydrogen) atoms. The van der Waals surface area contributed by atoms with Gasteiger partial charge in [-0.05, 0) is 24.3 Å². The number of hydrogen-bond donors (Lipinski definition) is 4. The number of alkyl halides is 3. The van der Waals surface area contributed by atoms with Gasteiger partial charge in [0.1, 0.15) is 0 Å². The molecule has 6 nitrogen and oxygen atoms in total. The Labute approximate surface area is 145 Å². The van der Waals surface area contributed by atoms with E-state index in [1.807, 2.05) is 0 Å². The molecule has 3 rings (SSSR count). The zero-order valence-electron chi connectivity index (χ0n) is 13.1. The Morgan fingerprint density at radius 3 is 2.42 bits per heavy atom. The normalized spacial score (nSPS) is 11.2. The van der Waals surface area contributed by atoms with Gasteiger partial charge in [-0.3, -0.25) is 9.89 Å². The molecule has 1 heterocycles. The summed E-state index contributed by atoms with van der Waals surface area (Å²) in [5, 5.41) is 9.84. The topological polar surface area (TPSA) is 89.8 Å². The van der Waals surface area contributed by atoms with Crippen LogP contribution in [0.3, 0.4) is 0 Å². The first-order valence-corrected chi connectivity index (χ1v) is 7.45. The molecule has 0 unspecified atom stereocenters. The molecule has 0 spiro atoms. The van der Waals surface area contributed by atoms with Crippen LogP contribution in [0.5, 0.6) is 0 Å². The Hall–Kier alpha value is -3.49. The number of anilines is 2. The minimum atomic E-state index is -4.50. The number of para-hydroxylation sites is 1. The number of urea groups is 1. The van der Waals surface area contributed by atoms with Crippen molar-refractivity contribution < 1.29 is 18.0 Å². The molecular formula is C17H13F3N4O2. The Balaban J connectivity index is 1.80. The van der Waals surface area contributed by atoms with Gasteiger partial charge in [-0.2, -0.15) is 13.2 Å². The summed E-state index contributed by atoms with van der Waals surface area (Å²) < 4.78 is 38.2. The van der Waals surface area contributed by atoms with Gasteiger partial charge in [0, 0.05) is 17.4 Å². The summed E-state index contributed by atoms with van der Waals surface area (Å²) in [4.78, 5) is 23.9. The molecular weight excluding hydrogens is 349 g/mol. The third-order valence-corrected chi connectivity index (χ3v) is 3.56. The van der Waals surface area contributed by atoms with Crippen LogP contribution in [-0.2, 0) is 6.18 Å². The summed E-state index contributed by atoms with van der Waals surface area (Å²) in [5.74, 6) is 0. The highest BCUT2D eigenvalue weighted by Gasteiger charge is 2.30. The minimum absolute atomic E-state index is 0.00528. The number of aromatic amines is 2. The lowest BCUT2D eigenvalue weighted by Gasteiger charge is -2.12. The molecule has 0 aliphatic heterocycles. The predicted octanol–water partition coefficient (Wildman–Crippen LogP) is 4.03. The fraction of sp³-hybridized carbons (Fsp3) is 0.0588. The lowest BCUT2D eigenvalue weighted by molar-refractivity contribution is -0.137. The predicted molar refractivity (Wildman–Crippen MR) is 90.9 cm³/mol. The molecule has 0 bridgehead atoms. The Kier molecular flexibility index (Phi) is 4.53. The van der Waals surface area contributed by atoms with Gasteiger partial charge >= 0.3 is 12.2 Å². The first-order chi connectivity index (χ1) is 12.3. The number of carbonyl (C=O) groups is 1. The molecule has 0 aliphatic carbocycles. The van der Waals surface area contributed by atoms with Crippen LogP contribution in [0.2, 0.25) is 0 Å². The third-order valence-electron chi connectivity index (χ3n) is 3.56. The number of carbonyl (C=O) groups excluding carboxylic acids is 1. The average molecular weight is 362 g/mol. The number of halogens is 3. The average Bonchev–Trinajstić information content (AvgIpc) is 3.00. The van der Waals surface area contributed by atoms with Gasteiger partial charge in [0.2, 0.25) is 0 Å². The monoisotopic (exact) mass is 362 g/mol. The summed E-state index contributed by atoms with van der Waals surface area (Å²) in [7, 11) is 0. The van der Waals surface area contributed by atoms with Crippen LogP contribution in [0.25, 0.3) is 11.1 Å². The SMILES string of the molecule is O=C(Nc1cccc(C(F)(F)F)c1)Nc1ccccc1-c1c[nH][nH]c1=O. The molecule has 0 fully saturated rings. The van der Waals surface area contributed by atoms with Gasteiger partial charge in [0.15, 0.2) is 0 Å². The number of benzene rings is 2. The van der Waals surface area contributed by atoms with Gasteiger partial charge in [0.25, 0.3) is 5.56 Å². The zero-order valence-corrected chi connectivity index (χ0v) is 13.1. The second-order valence-corrected chi connectivity index (χ2v) is 5.36. The Bertz CT molecular complexity index is 992. The van der Waals surface area contributed by atoms with Crippen molar-refractivity contribution in [3.63, 3.8) is 0 Å². The highest BCUT2D eigenvalue weighted by Crippen LogP contribution is 2.31. The number of amides is 2. The molecule has 1 aromatic heterocycles. The van der Waals surface area contributed by atoms with E-state index in [2.05, 4.69) is 20.8 Å². The molecule has 0 saturated heterocycles. The molecule has 134 valence electrons. The van der Waals surface area contributed by atoms with Crippen LogP contribution in [0.1, 0.15) is 5.56 Å². The third kappa shape index (κ3) is 3.77. The molecule has 0 aliphatic rings. The van der Waals surface area contributed by atoms with Crippen molar-refractivity contribution in [1.29, 1.82) is 0 Å². The van der Waals surface area contributed by atoms with Crippen molar-refractivity contribution in [3.05, 3.63) is 70.6 Å². The smallest absolute Gasteiger partial charge is 0.308 e. The minimum Gasteiger partial charge on any atom is -0.308 e. The van der Waals surface area contributed by atoms with Crippen molar-refractivity contribution in [2.45, 2.75) is 6.18 Å². The highest BCUT2D eigenvalue weighted by atomic mass is 19.4. The molecule has 2 aromatic carbocycles. The van der Waals surface area contributed by atoms with E-state index in [1.165, 1.54) is 18.3 Å². The molecule has 2 amide bonds. The van der Waals surface area contributed by atoms with E-state index in [-0.39, 0.29) is 11.2 Å². The van der Waals surface area contributed by atoms with E-state index in [4.69, 9.17) is 0 Å². The van der Waals surface area contributed by atoms with E-state index in [1.54, 1.807) is 24.3 Å². The molecule has 0 saturated carbocycles. The maximum atomic E-state index is 12.7. The first-order valence-electron chi connectivity index (χ1n) is 7.45. The number of rotatable bonds is 3. The van der Waals surface area contributed by atoms with Gasteiger partial charge in [-0.1, -0.05) is 24.3 Å². The number of H-pyrrole nitrogens is 2. The van der Waals surface area contributed by atoms with Gasteiger partial charge < -0.3 is 15.7 Å². The van der Waals surface area contributed by atoms with E-state index in [0.717, 1.165) is 12.1 Å². The van der Waals surface area contributed by atoms with Gasteiger partial charge in [-0.25, -0.2) is 4.79 Å². The van der Waals surface area contributed by atoms with E-state index < -0.39 is 17.8 Å². The number of aromatic nitrogens is 2. The van der Waals surface area contributed by atoms with Crippen molar-refractivity contribution in [1.82, 2.24) is 10.2 Å². The molecule has 9 heteroatoms. The van der Waals surface area contributed by atoms with E-state index in [0.29, 0.717) is 16.8 Å². The van der Waals surface area contributed by atoms with Gasteiger partial charge in [0.05, 0.1) is 16.8 Å². The van der Waals surface area contributed by atoms with Crippen molar-refractivity contribution in [2.75, 3.05) is 10.6 Å². The summed E-state index contributed by atoms with van der Waals surface area (Å²) in [6.45, 7) is 0. The van der Waals surface area contributed by atoms with E-state index in [9.17, 15) is 22.8 Å². The van der Waals surface area contributed by atoms with Crippen molar-refractivity contribution in [3.8, 4) is 11.1 Å². The number of nitrogens with one attached hydrogen (secondary N) is 4. The van der Waals surface area contributed by atoms with E-state index >= 15 is 0 Å². The summed E-state index contributed by atoms with van der Waals surface area (Å²) in [6, 6.07) is 10.1. The lowest BCUT2D eigenvalue weighted by Crippen LogP contribution is -2.20. The Morgan fingerprint density at radius 2 is 1.73 bits per heavy atom. The molecule has 0 atom stereocenters. The van der Waals surface area contributed by atoms with Crippen LogP contribution in [0.15, 0.2) is 59.5 Å². The second-order valence-electron chi connectivity index (χ2n) is 5.36. The number of hydrogen-bond acceptors (Lipinski definition) is 2. The maximum Gasteiger partial charge on any atom is 0.416 e. The molecule has 0 radical (unpaired) electrons. The van der Waals surface area contributed by atoms with Crippen molar-refractivity contribution >= 4 is 17.4 Å². The standard InChI is InChI=1S/C17H13F3N4O2/c18-17(19,20)10-4-3-5-11(8-10)22-16(26)23-14-7-2-1-6-12(14)13-9-21-24-15(13)25/h1-9H,(H2,21,24,25)(H2,22,23,26). The summed E-state index contributed by atoms with van der Waals surface area (Å²) in [5.41, 5.74) is -0.113. The quantitative estimate of drug-likeness (QED) is 0.567. The van der Waals surface area contributed by atoms with Crippen LogP contribution >= 0.6 is 0 Å². The first kappa shape index (κ1) is 17.3. The Morgan fingerprint density at radius 1 is 0.962 bits per heavy atom. The van der Waals surface area contributed by atoms with Crippen LogP contribution in [0.4, 0.5) is 29.3 Å². The van der Waals surface area contributed by atoms with Crippen LogP contribution < -0.4 is 16.2 Å². The van der Waals surface area contributed by atoms with Gasteiger partial charge in [-0.15, -0.1) is 0 Å². The fourth-order valence-corrected chi connectivity index (χ4v) is 2.39. The van der Waals surface area contributed by atoms with Crippen LogP contribution in [0, 0.1) is 0 Å². The largest absolute Gasteiger partial charge is 0.416 e. The maximum absolute atomic E-state index is 12.7. The van der Waals surface area contributed by atoms with Crippen LogP contribution in [-0.4, -0.2) is 16.2 Å². The molecule has 3 aromatic rings. The lowest BCUT2D eigenvalue weighted by atomic mass is 10.1. The fourth-order valence-electron chi connectivity index (χ4n) is 2.39. The summed E-state index contributed by atoms with van der Waals surface area (Å²) >= 11 is 0. The highest BCUT2D eigenvalue weighted by molar-refractivity contribution is 6.02.